The van der Waals surface area contributed by atoms with Crippen molar-refractivity contribution in [2.24, 2.45) is 10.8 Å². The molecule has 0 unspecified atom stereocenters. The predicted molar refractivity (Wildman–Crippen MR) is 70.3 cm³/mol. The number of likely N-dealkylation sites (tertiary alicyclic amines) is 1. The van der Waals surface area contributed by atoms with Crippen molar-refractivity contribution in [1.82, 2.24) is 4.90 Å². The Kier molecular flexibility index (Phi) is 5.87. The zero-order valence-corrected chi connectivity index (χ0v) is 12.0. The normalized spacial score (nSPS) is 21.8. The first kappa shape index (κ1) is 15.0. The fourth-order valence-electron chi connectivity index (χ4n) is 2.35. The lowest BCUT2D eigenvalue weighted by Gasteiger charge is -2.40. The molecule has 0 atom stereocenters. The molecule has 0 spiro atoms. The zero-order chi connectivity index (χ0) is 12.1. The average molecular weight is 213 g/mol. The van der Waals surface area contributed by atoms with Gasteiger partial charge in [-0.05, 0) is 30.2 Å². The van der Waals surface area contributed by atoms with Gasteiger partial charge < -0.3 is 4.90 Å². The molecule has 1 heteroatoms. The van der Waals surface area contributed by atoms with Crippen LogP contribution in [0.1, 0.15) is 61.3 Å². The third kappa shape index (κ3) is 6.94. The van der Waals surface area contributed by atoms with Crippen molar-refractivity contribution in [3.63, 3.8) is 0 Å². The number of rotatable bonds is 1. The molecule has 1 fully saturated rings. The van der Waals surface area contributed by atoms with Gasteiger partial charge in [0, 0.05) is 13.1 Å². The maximum absolute atomic E-state index is 2.63. The van der Waals surface area contributed by atoms with E-state index in [9.17, 15) is 0 Å². The Morgan fingerprint density at radius 3 is 2.07 bits per heavy atom. The summed E-state index contributed by atoms with van der Waals surface area (Å²) in [5, 5.41) is 0. The summed E-state index contributed by atoms with van der Waals surface area (Å²) in [6.45, 7) is 19.6. The fourth-order valence-corrected chi connectivity index (χ4v) is 2.35. The van der Waals surface area contributed by atoms with Crippen LogP contribution in [0.4, 0.5) is 0 Å². The Bertz CT molecular complexity index is 163. The Morgan fingerprint density at radius 2 is 1.67 bits per heavy atom. The van der Waals surface area contributed by atoms with E-state index >= 15 is 0 Å². The largest absolute Gasteiger partial charge is 0.302 e. The van der Waals surface area contributed by atoms with Crippen LogP contribution in [0.25, 0.3) is 0 Å². The second kappa shape index (κ2) is 5.89. The minimum Gasteiger partial charge on any atom is -0.302 e. The van der Waals surface area contributed by atoms with E-state index in [-0.39, 0.29) is 0 Å². The van der Waals surface area contributed by atoms with Crippen molar-refractivity contribution in [2.45, 2.75) is 61.3 Å². The van der Waals surface area contributed by atoms with Crippen LogP contribution in [-0.4, -0.2) is 24.5 Å². The lowest BCUT2D eigenvalue weighted by Crippen LogP contribution is -2.43. The monoisotopic (exact) mass is 213 g/mol. The molecule has 0 aromatic carbocycles. The average Bonchev–Trinajstić information content (AvgIpc) is 2.02. The van der Waals surface area contributed by atoms with Gasteiger partial charge in [0.05, 0.1) is 0 Å². The van der Waals surface area contributed by atoms with Gasteiger partial charge in [-0.25, -0.2) is 0 Å². The molecule has 0 aliphatic carbocycles. The zero-order valence-electron chi connectivity index (χ0n) is 12.0. The maximum Gasteiger partial charge on any atom is 0.00329 e. The highest BCUT2D eigenvalue weighted by Crippen LogP contribution is 2.30. The van der Waals surface area contributed by atoms with E-state index in [1.807, 2.05) is 13.8 Å². The van der Waals surface area contributed by atoms with Crippen molar-refractivity contribution < 1.29 is 0 Å². The smallest absolute Gasteiger partial charge is 0.00329 e. The SMILES string of the molecule is CC.CC(C)(C)CN1CCCC(C)(C)C1. The van der Waals surface area contributed by atoms with Crippen LogP contribution in [0, 0.1) is 10.8 Å². The van der Waals surface area contributed by atoms with Crippen LogP contribution in [0.5, 0.6) is 0 Å². The van der Waals surface area contributed by atoms with Gasteiger partial charge in [0.15, 0.2) is 0 Å². The summed E-state index contributed by atoms with van der Waals surface area (Å²) in [6.07, 6.45) is 2.77. The summed E-state index contributed by atoms with van der Waals surface area (Å²) in [4.78, 5) is 2.63. The van der Waals surface area contributed by atoms with Crippen LogP contribution in [-0.2, 0) is 0 Å². The summed E-state index contributed by atoms with van der Waals surface area (Å²) in [6, 6.07) is 0. The second-order valence-electron chi connectivity index (χ2n) is 6.54. The van der Waals surface area contributed by atoms with Crippen LogP contribution in [0.15, 0.2) is 0 Å². The van der Waals surface area contributed by atoms with Gasteiger partial charge >= 0.3 is 0 Å². The Hall–Kier alpha value is -0.0400. The van der Waals surface area contributed by atoms with Gasteiger partial charge in [-0.2, -0.15) is 0 Å². The van der Waals surface area contributed by atoms with Crippen molar-refractivity contribution in [2.75, 3.05) is 19.6 Å². The fraction of sp³-hybridized carbons (Fsp3) is 1.00. The molecule has 1 aliphatic rings. The molecule has 0 bridgehead atoms. The van der Waals surface area contributed by atoms with Gasteiger partial charge in [-0.1, -0.05) is 48.5 Å². The van der Waals surface area contributed by atoms with E-state index in [2.05, 4.69) is 39.5 Å². The molecule has 1 aliphatic heterocycles. The number of piperidine rings is 1. The Morgan fingerprint density at radius 1 is 1.13 bits per heavy atom. The molecular formula is C14H31N. The first-order valence-corrected chi connectivity index (χ1v) is 6.51. The molecule has 1 saturated heterocycles. The van der Waals surface area contributed by atoms with Gasteiger partial charge in [0.1, 0.15) is 0 Å². The van der Waals surface area contributed by atoms with Crippen molar-refractivity contribution in [3.05, 3.63) is 0 Å². The van der Waals surface area contributed by atoms with Gasteiger partial charge in [0.25, 0.3) is 0 Å². The highest BCUT2D eigenvalue weighted by atomic mass is 15.1. The molecule has 1 nitrogen and oxygen atoms in total. The number of hydrogen-bond donors (Lipinski definition) is 0. The molecule has 0 saturated carbocycles. The number of nitrogens with zero attached hydrogens (tertiary/aromatic N) is 1. The van der Waals surface area contributed by atoms with Crippen LogP contribution < -0.4 is 0 Å². The highest BCUT2D eigenvalue weighted by molar-refractivity contribution is 4.81. The van der Waals surface area contributed by atoms with E-state index in [4.69, 9.17) is 0 Å². The minimum absolute atomic E-state index is 0.452. The molecule has 0 amide bonds. The predicted octanol–water partition coefficient (Wildman–Crippen LogP) is 4.18. The van der Waals surface area contributed by atoms with E-state index < -0.39 is 0 Å². The molecule has 1 heterocycles. The Balaban J connectivity index is 0.000000921. The summed E-state index contributed by atoms with van der Waals surface area (Å²) < 4.78 is 0. The van der Waals surface area contributed by atoms with Crippen LogP contribution in [0.2, 0.25) is 0 Å². The van der Waals surface area contributed by atoms with Gasteiger partial charge in [0.2, 0.25) is 0 Å². The molecule has 1 rings (SSSR count). The Labute approximate surface area is 97.2 Å². The third-order valence-electron chi connectivity index (χ3n) is 2.68. The standard InChI is InChI=1S/C12H25N.C2H6/c1-11(2,3)9-13-8-6-7-12(4,5)10-13;1-2/h6-10H2,1-5H3;1-2H3. The molecule has 15 heavy (non-hydrogen) atoms. The first-order chi connectivity index (χ1) is 6.79. The second-order valence-corrected chi connectivity index (χ2v) is 6.54. The summed E-state index contributed by atoms with van der Waals surface area (Å²) in [5.41, 5.74) is 0.997. The first-order valence-electron chi connectivity index (χ1n) is 6.51. The summed E-state index contributed by atoms with van der Waals surface area (Å²) >= 11 is 0. The topological polar surface area (TPSA) is 3.24 Å². The lowest BCUT2D eigenvalue weighted by atomic mass is 9.83. The highest BCUT2D eigenvalue weighted by Gasteiger charge is 2.28. The van der Waals surface area contributed by atoms with Crippen molar-refractivity contribution in [3.8, 4) is 0 Å². The van der Waals surface area contributed by atoms with Gasteiger partial charge in [-0.15, -0.1) is 0 Å². The van der Waals surface area contributed by atoms with E-state index in [1.54, 1.807) is 0 Å². The minimum atomic E-state index is 0.452. The van der Waals surface area contributed by atoms with Crippen molar-refractivity contribution >= 4 is 0 Å². The van der Waals surface area contributed by atoms with Crippen LogP contribution >= 0.6 is 0 Å². The maximum atomic E-state index is 2.63. The number of hydrogen-bond acceptors (Lipinski definition) is 1. The molecule has 0 radical (unpaired) electrons. The van der Waals surface area contributed by atoms with Crippen molar-refractivity contribution in [1.29, 1.82) is 0 Å². The quantitative estimate of drug-likeness (QED) is 0.631. The third-order valence-corrected chi connectivity index (χ3v) is 2.68. The van der Waals surface area contributed by atoms with E-state index in [0.717, 1.165) is 0 Å². The molecule has 92 valence electrons. The van der Waals surface area contributed by atoms with E-state index in [0.29, 0.717) is 10.8 Å². The summed E-state index contributed by atoms with van der Waals surface area (Å²) in [5.74, 6) is 0. The molecule has 0 N–H and O–H groups in total. The molecule has 0 aromatic heterocycles. The molecule has 0 aromatic rings. The summed E-state index contributed by atoms with van der Waals surface area (Å²) in [7, 11) is 0. The van der Waals surface area contributed by atoms with E-state index in [1.165, 1.54) is 32.5 Å². The van der Waals surface area contributed by atoms with Gasteiger partial charge in [-0.3, -0.25) is 0 Å². The lowest BCUT2D eigenvalue weighted by molar-refractivity contribution is 0.0864. The molecular weight excluding hydrogens is 182 g/mol. The van der Waals surface area contributed by atoms with Crippen LogP contribution in [0.3, 0.4) is 0 Å².